The summed E-state index contributed by atoms with van der Waals surface area (Å²) in [7, 11) is 3.09. The second kappa shape index (κ2) is 32.6. The van der Waals surface area contributed by atoms with Crippen molar-refractivity contribution >= 4 is 71.0 Å². The molecule has 0 aliphatic carbocycles. The van der Waals surface area contributed by atoms with E-state index in [-0.39, 0.29) is 86.8 Å². The number of likely N-dealkylation sites (N-methyl/N-ethyl adjacent to an activating group) is 2. The van der Waals surface area contributed by atoms with Crippen molar-refractivity contribution in [3.63, 3.8) is 0 Å². The van der Waals surface area contributed by atoms with Crippen LogP contribution in [-0.2, 0) is 79.8 Å². The van der Waals surface area contributed by atoms with E-state index in [1.165, 1.54) is 11.9 Å². The van der Waals surface area contributed by atoms with E-state index in [1.807, 2.05) is 6.92 Å². The number of aliphatic carboxylic acids is 2. The maximum absolute atomic E-state index is 12.6. The number of benzene rings is 2. The molecule has 0 spiro atoms. The molecule has 4 heterocycles. The van der Waals surface area contributed by atoms with Crippen LogP contribution in [0.2, 0.25) is 0 Å². The van der Waals surface area contributed by atoms with Crippen molar-refractivity contribution in [3.8, 4) is 0 Å². The molecule has 0 saturated carbocycles. The Balaban J connectivity index is 0.000000280. The number of hydrogen-bond acceptors (Lipinski definition) is 16. The molecule has 2 unspecified atom stereocenters. The SMILES string of the molecule is CNC(=O)C1CO[C@H]2CC[C@H](NC(=O)CCCCC(N)=O)C(=O)N12.CNC(=O)[C@@H]1CO[C@H]2CCC(C)C(=O)N21.NC(=O)C[C@H](N)C(=O)N[C@@H](Cc1ccccc1)C(=O)O.NC(=O)C[C@H](N)C(=O)N[C@@H](Cc1ccccc1)C(=O)O. The molecular formula is C51H74N12O16. The van der Waals surface area contributed by atoms with Crippen LogP contribution in [0.1, 0.15) is 82.3 Å². The first-order chi connectivity index (χ1) is 37.4. The smallest absolute Gasteiger partial charge is 0.326 e. The number of carboxylic acids is 2. The molecule has 10 amide bonds. The fourth-order valence-corrected chi connectivity index (χ4v) is 8.54. The number of hydrogen-bond donors (Lipinski definition) is 12. The molecule has 17 N–H and O–H groups in total. The van der Waals surface area contributed by atoms with Crippen molar-refractivity contribution in [2.45, 2.75) is 139 Å². The lowest BCUT2D eigenvalue weighted by atomic mass is 9.97. The summed E-state index contributed by atoms with van der Waals surface area (Å²) < 4.78 is 11.0. The summed E-state index contributed by atoms with van der Waals surface area (Å²) in [5, 5.41) is 30.6. The Morgan fingerprint density at radius 2 is 1.00 bits per heavy atom. The monoisotopic (exact) mass is 1110 g/mol. The summed E-state index contributed by atoms with van der Waals surface area (Å²) in [6, 6.07) is 11.5. The van der Waals surface area contributed by atoms with E-state index in [0.29, 0.717) is 32.3 Å². The van der Waals surface area contributed by atoms with Crippen molar-refractivity contribution in [1.82, 2.24) is 36.4 Å². The molecule has 4 fully saturated rings. The van der Waals surface area contributed by atoms with Gasteiger partial charge in [0.25, 0.3) is 0 Å². The van der Waals surface area contributed by atoms with Gasteiger partial charge in [-0.1, -0.05) is 67.6 Å². The van der Waals surface area contributed by atoms with Crippen molar-refractivity contribution in [3.05, 3.63) is 71.8 Å². The van der Waals surface area contributed by atoms with E-state index in [0.717, 1.165) is 24.0 Å². The Bertz CT molecular complexity index is 2360. The zero-order valence-corrected chi connectivity index (χ0v) is 44.3. The van der Waals surface area contributed by atoms with E-state index in [4.69, 9.17) is 48.4 Å². The van der Waals surface area contributed by atoms with E-state index in [9.17, 15) is 57.5 Å². The number of amides is 10. The highest BCUT2D eigenvalue weighted by atomic mass is 16.5. The van der Waals surface area contributed by atoms with Gasteiger partial charge in [-0.25, -0.2) is 9.59 Å². The lowest BCUT2D eigenvalue weighted by molar-refractivity contribution is -0.150. The van der Waals surface area contributed by atoms with Gasteiger partial charge in [-0.2, -0.15) is 0 Å². The molecule has 28 heteroatoms. The third-order valence-electron chi connectivity index (χ3n) is 12.8. The highest BCUT2D eigenvalue weighted by molar-refractivity contribution is 5.94. The lowest BCUT2D eigenvalue weighted by Crippen LogP contribution is -2.59. The third kappa shape index (κ3) is 21.3. The highest BCUT2D eigenvalue weighted by Gasteiger charge is 2.48. The highest BCUT2D eigenvalue weighted by Crippen LogP contribution is 2.31. The van der Waals surface area contributed by atoms with Gasteiger partial charge in [0, 0.05) is 45.7 Å². The van der Waals surface area contributed by atoms with Gasteiger partial charge in [0.15, 0.2) is 0 Å². The Kier molecular flexibility index (Phi) is 26.9. The number of carbonyl (C=O) groups is 12. The Labute approximate surface area is 455 Å². The average Bonchev–Trinajstić information content (AvgIpc) is 4.08. The van der Waals surface area contributed by atoms with Gasteiger partial charge in [0.2, 0.25) is 59.1 Å². The topological polar surface area (TPSA) is 460 Å². The van der Waals surface area contributed by atoms with E-state index in [1.54, 1.807) is 72.6 Å². The van der Waals surface area contributed by atoms with Crippen molar-refractivity contribution in [1.29, 1.82) is 0 Å². The van der Waals surface area contributed by atoms with Gasteiger partial charge >= 0.3 is 11.9 Å². The van der Waals surface area contributed by atoms with Crippen LogP contribution in [0, 0.1) is 5.92 Å². The first kappa shape index (κ1) is 65.2. The summed E-state index contributed by atoms with van der Waals surface area (Å²) in [5.41, 5.74) is 27.3. The number of nitrogens with one attached hydrogen (secondary N) is 5. The third-order valence-corrected chi connectivity index (χ3v) is 12.8. The Morgan fingerprint density at radius 3 is 1.39 bits per heavy atom. The average molecular weight is 1110 g/mol. The second-order valence-corrected chi connectivity index (χ2v) is 18.9. The number of ether oxygens (including phenoxy) is 2. The lowest BCUT2D eigenvalue weighted by Gasteiger charge is -2.35. The first-order valence-electron chi connectivity index (χ1n) is 25.5. The van der Waals surface area contributed by atoms with Crippen LogP contribution in [0.3, 0.4) is 0 Å². The number of rotatable bonds is 22. The summed E-state index contributed by atoms with van der Waals surface area (Å²) >= 11 is 0. The minimum absolute atomic E-state index is 0.00936. The molecule has 0 bridgehead atoms. The number of primary amides is 3. The van der Waals surface area contributed by atoms with Gasteiger partial charge in [0.05, 0.1) is 38.1 Å². The predicted octanol–water partition coefficient (Wildman–Crippen LogP) is -3.67. The number of carboxylic acid groups (broad SMARTS) is 2. The Hall–Kier alpha value is -8.08. The fourth-order valence-electron chi connectivity index (χ4n) is 8.54. The standard InChI is InChI=1S/C15H24N4O5.2C13H17N3O4.C10H16N2O3/c1-17-14(22)10-8-24-13-7-6-9(15(23)19(10)13)18-12(21)5-3-2-4-11(16)20;2*14-9(7-11(15)17)12(18)16-10(13(19)20)6-8-4-2-1-3-5-8;1-6-3-4-8-12(10(6)14)7(5-15-8)9(13)11-2/h9-10,13H,2-8H2,1H3,(H2,16,20)(H,17,22)(H,18,21);2*1-5,9-10H,6-7,14H2,(H2,15,17)(H,16,18)(H,19,20);6-8H,3-5H2,1-2H3,(H,11,13)/t9-,10?,13-;2*9-,10-;6?,7-,8-/m0000/s1. The van der Waals surface area contributed by atoms with Crippen molar-refractivity contribution in [2.75, 3.05) is 27.3 Å². The van der Waals surface area contributed by atoms with Crippen LogP contribution in [0.15, 0.2) is 60.7 Å². The van der Waals surface area contributed by atoms with Gasteiger partial charge < -0.3 is 84.7 Å². The number of nitrogens with two attached hydrogens (primary N) is 5. The number of piperidine rings is 2. The molecule has 0 aromatic heterocycles. The molecule has 79 heavy (non-hydrogen) atoms. The summed E-state index contributed by atoms with van der Waals surface area (Å²) in [5.74, 6) is -6.50. The van der Waals surface area contributed by atoms with Crippen molar-refractivity contribution < 1.29 is 77.2 Å². The van der Waals surface area contributed by atoms with Crippen LogP contribution in [0.5, 0.6) is 0 Å². The van der Waals surface area contributed by atoms with E-state index < -0.39 is 90.0 Å². The summed E-state index contributed by atoms with van der Waals surface area (Å²) in [6.07, 6.45) is 3.31. The molecule has 434 valence electrons. The van der Waals surface area contributed by atoms with Crippen LogP contribution >= 0.6 is 0 Å². The van der Waals surface area contributed by atoms with Crippen LogP contribution in [-0.4, -0.2) is 173 Å². The maximum atomic E-state index is 12.6. The number of fused-ring (bicyclic) bond motifs is 2. The van der Waals surface area contributed by atoms with Crippen molar-refractivity contribution in [2.24, 2.45) is 34.6 Å². The minimum atomic E-state index is -1.17. The van der Waals surface area contributed by atoms with Crippen LogP contribution in [0.4, 0.5) is 0 Å². The van der Waals surface area contributed by atoms with Gasteiger partial charge in [-0.3, -0.25) is 47.9 Å². The molecule has 10 atom stereocenters. The number of unbranched alkanes of at least 4 members (excludes halogenated alkanes) is 1. The molecule has 4 aliphatic heterocycles. The summed E-state index contributed by atoms with van der Waals surface area (Å²) in [6.45, 7) is 2.39. The molecule has 2 aromatic carbocycles. The Morgan fingerprint density at radius 1 is 0.595 bits per heavy atom. The normalized spacial score (nSPS) is 21.3. The molecule has 4 saturated heterocycles. The number of carbonyl (C=O) groups excluding carboxylic acids is 10. The largest absolute Gasteiger partial charge is 0.480 e. The van der Waals surface area contributed by atoms with Gasteiger partial charge in [-0.15, -0.1) is 0 Å². The van der Waals surface area contributed by atoms with Gasteiger partial charge in [0.1, 0.15) is 42.7 Å². The van der Waals surface area contributed by atoms with E-state index in [2.05, 4.69) is 26.6 Å². The number of nitrogens with zero attached hydrogens (tertiary/aromatic N) is 2. The quantitative estimate of drug-likeness (QED) is 0.0506. The molecular weight excluding hydrogens is 1040 g/mol. The van der Waals surface area contributed by atoms with E-state index >= 15 is 0 Å². The molecule has 2 aromatic rings. The molecule has 0 radical (unpaired) electrons. The molecule has 4 aliphatic rings. The fraction of sp³-hybridized carbons (Fsp3) is 0.529. The minimum Gasteiger partial charge on any atom is -0.480 e. The van der Waals surface area contributed by atoms with Crippen LogP contribution < -0.4 is 55.3 Å². The maximum Gasteiger partial charge on any atom is 0.326 e. The van der Waals surface area contributed by atoms with Gasteiger partial charge in [-0.05, 0) is 49.7 Å². The molecule has 6 rings (SSSR count). The first-order valence-corrected chi connectivity index (χ1v) is 25.5. The zero-order chi connectivity index (χ0) is 58.9. The van der Waals surface area contributed by atoms with Crippen LogP contribution in [0.25, 0.3) is 0 Å². The summed E-state index contributed by atoms with van der Waals surface area (Å²) in [4.78, 5) is 140. The molecule has 28 nitrogen and oxygen atoms in total. The second-order valence-electron chi connectivity index (χ2n) is 18.9. The predicted molar refractivity (Wildman–Crippen MR) is 279 cm³/mol. The zero-order valence-electron chi connectivity index (χ0n) is 44.3.